The minimum Gasteiger partial charge on any atom is -0.465 e. The molecule has 0 fully saturated rings. The molecule has 1 aliphatic heterocycles. The van der Waals surface area contributed by atoms with Crippen LogP contribution in [0.15, 0.2) is 39.4 Å². The lowest BCUT2D eigenvalue weighted by molar-refractivity contribution is -0.254. The summed E-state index contributed by atoms with van der Waals surface area (Å²) < 4.78 is 50.4. The average Bonchev–Trinajstić information content (AvgIpc) is 3.32. The third-order valence-electron chi connectivity index (χ3n) is 3.60. The molecule has 144 valence electrons. The number of allylic oxidation sites excluding steroid dienone is 1. The van der Waals surface area contributed by atoms with Crippen molar-refractivity contribution in [3.8, 4) is 0 Å². The number of ether oxygens (including phenoxy) is 1. The van der Waals surface area contributed by atoms with Gasteiger partial charge < -0.3 is 14.3 Å². The maximum absolute atomic E-state index is 13.5. The molecule has 1 atom stereocenters. The van der Waals surface area contributed by atoms with Crippen LogP contribution in [0.1, 0.15) is 29.6 Å². The third kappa shape index (κ3) is 3.74. The van der Waals surface area contributed by atoms with Gasteiger partial charge in [-0.05, 0) is 31.2 Å². The number of hydrazone groups is 1. The molecule has 2 aromatic heterocycles. The Labute approximate surface area is 155 Å². The SMILES string of the molecule is CCOC(=O)c1csc(N2N=C(/C=C/c3ccco3)CC2(O)C(F)(F)F)n1. The fraction of sp³-hybridized carbons (Fsp3) is 0.312. The Hall–Kier alpha value is -2.66. The number of hydrogen-bond acceptors (Lipinski definition) is 8. The van der Waals surface area contributed by atoms with Crippen LogP contribution >= 0.6 is 11.3 Å². The number of alkyl halides is 3. The first-order chi connectivity index (χ1) is 12.7. The molecule has 27 heavy (non-hydrogen) atoms. The predicted molar refractivity (Wildman–Crippen MR) is 91.3 cm³/mol. The van der Waals surface area contributed by atoms with E-state index in [-0.39, 0.29) is 23.1 Å². The van der Waals surface area contributed by atoms with Crippen molar-refractivity contribution in [1.82, 2.24) is 4.98 Å². The summed E-state index contributed by atoms with van der Waals surface area (Å²) >= 11 is 0.742. The van der Waals surface area contributed by atoms with Gasteiger partial charge in [0.25, 0.3) is 5.72 Å². The molecule has 0 radical (unpaired) electrons. The molecular formula is C16H14F3N3O4S. The first-order valence-electron chi connectivity index (χ1n) is 7.75. The van der Waals surface area contributed by atoms with Crippen LogP contribution in [0.3, 0.4) is 0 Å². The lowest BCUT2D eigenvalue weighted by Gasteiger charge is -2.32. The smallest absolute Gasteiger partial charge is 0.438 e. The van der Waals surface area contributed by atoms with Crippen LogP contribution in [0.25, 0.3) is 6.08 Å². The van der Waals surface area contributed by atoms with E-state index in [1.54, 1.807) is 19.1 Å². The zero-order chi connectivity index (χ0) is 19.7. The summed E-state index contributed by atoms with van der Waals surface area (Å²) in [6.07, 6.45) is -1.64. The van der Waals surface area contributed by atoms with E-state index in [2.05, 4.69) is 10.1 Å². The maximum Gasteiger partial charge on any atom is 0.438 e. The average molecular weight is 401 g/mol. The van der Waals surface area contributed by atoms with Gasteiger partial charge >= 0.3 is 12.1 Å². The van der Waals surface area contributed by atoms with Crippen molar-refractivity contribution in [2.45, 2.75) is 25.2 Å². The van der Waals surface area contributed by atoms with Gasteiger partial charge in [0.15, 0.2) is 5.69 Å². The minimum atomic E-state index is -5.01. The van der Waals surface area contributed by atoms with E-state index < -0.39 is 24.3 Å². The molecule has 0 amide bonds. The first-order valence-corrected chi connectivity index (χ1v) is 8.63. The van der Waals surface area contributed by atoms with Gasteiger partial charge in [-0.15, -0.1) is 11.3 Å². The molecule has 0 saturated carbocycles. The normalized spacial score (nSPS) is 20.3. The van der Waals surface area contributed by atoms with Gasteiger partial charge in [-0.3, -0.25) is 0 Å². The van der Waals surface area contributed by atoms with E-state index in [1.165, 1.54) is 23.8 Å². The van der Waals surface area contributed by atoms with E-state index >= 15 is 0 Å². The lowest BCUT2D eigenvalue weighted by Crippen LogP contribution is -2.55. The summed E-state index contributed by atoms with van der Waals surface area (Å²) in [6, 6.07) is 3.24. The highest BCUT2D eigenvalue weighted by Gasteiger charge is 2.62. The highest BCUT2D eigenvalue weighted by Crippen LogP contribution is 2.43. The maximum atomic E-state index is 13.5. The van der Waals surface area contributed by atoms with Crippen molar-refractivity contribution in [3.05, 3.63) is 41.3 Å². The highest BCUT2D eigenvalue weighted by atomic mass is 32.1. The zero-order valence-electron chi connectivity index (χ0n) is 13.9. The number of thiazole rings is 1. The van der Waals surface area contributed by atoms with E-state index in [1.807, 2.05) is 0 Å². The Morgan fingerprint density at radius 2 is 2.30 bits per heavy atom. The second kappa shape index (κ2) is 7.16. The molecule has 0 aliphatic carbocycles. The standard InChI is InChI=1S/C16H14F3N3O4S/c1-2-25-13(23)12-9-27-14(20-12)22-15(24,16(17,18)19)8-10(21-22)5-6-11-4-3-7-26-11/h3-7,9,24H,2,8H2,1H3/b6-5+. The van der Waals surface area contributed by atoms with E-state index in [0.29, 0.717) is 10.8 Å². The number of halogens is 3. The number of carbonyl (C=O) groups excluding carboxylic acids is 1. The van der Waals surface area contributed by atoms with Crippen molar-refractivity contribution in [1.29, 1.82) is 0 Å². The third-order valence-corrected chi connectivity index (χ3v) is 4.42. The molecule has 3 heterocycles. The first kappa shape index (κ1) is 19.1. The van der Waals surface area contributed by atoms with E-state index in [0.717, 1.165) is 11.3 Å². The monoisotopic (exact) mass is 401 g/mol. The molecule has 0 bridgehead atoms. The van der Waals surface area contributed by atoms with Crippen LogP contribution in [0, 0.1) is 0 Å². The fourth-order valence-corrected chi connectivity index (χ4v) is 3.12. The Morgan fingerprint density at radius 3 is 2.93 bits per heavy atom. The minimum absolute atomic E-state index is 0.0286. The van der Waals surface area contributed by atoms with Crippen LogP contribution in [-0.4, -0.2) is 40.3 Å². The molecule has 2 aromatic rings. The number of anilines is 1. The van der Waals surface area contributed by atoms with Gasteiger partial charge in [0, 0.05) is 5.38 Å². The van der Waals surface area contributed by atoms with Crippen molar-refractivity contribution >= 4 is 34.2 Å². The number of carbonyl (C=O) groups is 1. The second-order valence-electron chi connectivity index (χ2n) is 5.48. The number of esters is 1. The van der Waals surface area contributed by atoms with Gasteiger partial charge in [0.1, 0.15) is 5.76 Å². The molecule has 1 aliphatic rings. The predicted octanol–water partition coefficient (Wildman–Crippen LogP) is 3.44. The van der Waals surface area contributed by atoms with E-state index in [4.69, 9.17) is 9.15 Å². The highest BCUT2D eigenvalue weighted by molar-refractivity contribution is 7.14. The number of furan rings is 1. The van der Waals surface area contributed by atoms with Gasteiger partial charge in [0.2, 0.25) is 5.13 Å². The number of hydrogen-bond donors (Lipinski definition) is 1. The van der Waals surface area contributed by atoms with Gasteiger partial charge in [-0.25, -0.2) is 9.78 Å². The zero-order valence-corrected chi connectivity index (χ0v) is 14.8. The fourth-order valence-electron chi connectivity index (χ4n) is 2.31. The molecular weight excluding hydrogens is 387 g/mol. The van der Waals surface area contributed by atoms with Crippen molar-refractivity contribution in [3.63, 3.8) is 0 Å². The molecule has 0 spiro atoms. The summed E-state index contributed by atoms with van der Waals surface area (Å²) in [5.74, 6) is -0.345. The second-order valence-corrected chi connectivity index (χ2v) is 6.32. The topological polar surface area (TPSA) is 88.2 Å². The summed E-state index contributed by atoms with van der Waals surface area (Å²) in [7, 11) is 0. The van der Waals surface area contributed by atoms with Crippen LogP contribution in [0.2, 0.25) is 0 Å². The molecule has 1 N–H and O–H groups in total. The number of rotatable bonds is 5. The van der Waals surface area contributed by atoms with Gasteiger partial charge in [-0.2, -0.15) is 23.3 Å². The quantitative estimate of drug-likeness (QED) is 0.773. The number of nitrogens with zero attached hydrogens (tertiary/aromatic N) is 3. The Bertz CT molecular complexity index is 876. The Morgan fingerprint density at radius 1 is 1.52 bits per heavy atom. The van der Waals surface area contributed by atoms with Crippen LogP contribution < -0.4 is 5.01 Å². The summed E-state index contributed by atoms with van der Waals surface area (Å²) in [5.41, 5.74) is -3.46. The van der Waals surface area contributed by atoms with Crippen molar-refractivity contribution in [2.24, 2.45) is 5.10 Å². The van der Waals surface area contributed by atoms with Crippen molar-refractivity contribution in [2.75, 3.05) is 11.6 Å². The molecule has 11 heteroatoms. The number of aliphatic hydroxyl groups is 1. The van der Waals surface area contributed by atoms with Gasteiger partial charge in [0.05, 0.1) is 25.0 Å². The molecule has 0 aromatic carbocycles. The van der Waals surface area contributed by atoms with Crippen molar-refractivity contribution < 1.29 is 32.2 Å². The number of aromatic nitrogens is 1. The molecule has 3 rings (SSSR count). The summed E-state index contributed by atoms with van der Waals surface area (Å²) in [5, 5.41) is 15.5. The van der Waals surface area contributed by atoms with Crippen LogP contribution in [0.5, 0.6) is 0 Å². The lowest BCUT2D eigenvalue weighted by atomic mass is 10.1. The van der Waals surface area contributed by atoms with Crippen LogP contribution in [0.4, 0.5) is 18.3 Å². The Balaban J connectivity index is 1.92. The summed E-state index contributed by atoms with van der Waals surface area (Å²) in [4.78, 5) is 15.5. The molecule has 7 nitrogen and oxygen atoms in total. The summed E-state index contributed by atoms with van der Waals surface area (Å²) in [6.45, 7) is 1.69. The van der Waals surface area contributed by atoms with Gasteiger partial charge in [-0.1, -0.05) is 0 Å². The van der Waals surface area contributed by atoms with Crippen LogP contribution in [-0.2, 0) is 4.74 Å². The Kier molecular flexibility index (Phi) is 5.07. The largest absolute Gasteiger partial charge is 0.465 e. The molecule has 1 unspecified atom stereocenters. The molecule has 0 saturated heterocycles. The van der Waals surface area contributed by atoms with E-state index in [9.17, 15) is 23.1 Å².